The van der Waals surface area contributed by atoms with Gasteiger partial charge in [0.25, 0.3) is 0 Å². The summed E-state index contributed by atoms with van der Waals surface area (Å²) < 4.78 is 50.1. The Bertz CT molecular complexity index is 733. The lowest BCUT2D eigenvalue weighted by atomic mass is 9.87. The average molecular weight is 345 g/mol. The molecule has 22 heavy (non-hydrogen) atoms. The number of hydrogen-bond acceptors (Lipinski definition) is 4. The highest BCUT2D eigenvalue weighted by Crippen LogP contribution is 2.30. The van der Waals surface area contributed by atoms with Crippen LogP contribution in [-0.4, -0.2) is 40.5 Å². The molecule has 0 amide bonds. The molecule has 0 unspecified atom stereocenters. The molecule has 0 spiro atoms. The molecule has 1 fully saturated rings. The maximum absolute atomic E-state index is 12.7. The van der Waals surface area contributed by atoms with Gasteiger partial charge in [0.15, 0.2) is 9.84 Å². The summed E-state index contributed by atoms with van der Waals surface area (Å²) in [6.45, 7) is 2.18. The second kappa shape index (κ2) is 6.29. The highest BCUT2D eigenvalue weighted by Gasteiger charge is 2.30. The summed E-state index contributed by atoms with van der Waals surface area (Å²) >= 11 is 0. The normalized spacial score (nSPS) is 23.6. The Morgan fingerprint density at radius 3 is 2.09 bits per heavy atom. The summed E-state index contributed by atoms with van der Waals surface area (Å²) in [5.74, 6) is 0.640. The molecule has 1 aromatic carbocycles. The van der Waals surface area contributed by atoms with Crippen molar-refractivity contribution in [2.24, 2.45) is 5.92 Å². The predicted octanol–water partition coefficient (Wildman–Crippen LogP) is 2.29. The van der Waals surface area contributed by atoms with E-state index in [0.717, 1.165) is 31.9 Å². The van der Waals surface area contributed by atoms with E-state index in [0.29, 0.717) is 5.92 Å². The van der Waals surface area contributed by atoms with Crippen LogP contribution in [0.15, 0.2) is 34.1 Å². The van der Waals surface area contributed by atoms with Gasteiger partial charge < -0.3 is 0 Å². The van der Waals surface area contributed by atoms with Crippen molar-refractivity contribution in [2.45, 2.75) is 48.4 Å². The van der Waals surface area contributed by atoms with Gasteiger partial charge in [0.2, 0.25) is 10.0 Å². The van der Waals surface area contributed by atoms with Crippen LogP contribution in [0.2, 0.25) is 0 Å². The Morgan fingerprint density at radius 1 is 1.00 bits per heavy atom. The van der Waals surface area contributed by atoms with Gasteiger partial charge in [0.05, 0.1) is 9.79 Å². The van der Waals surface area contributed by atoms with Crippen LogP contribution in [0.3, 0.4) is 0 Å². The first kappa shape index (κ1) is 17.4. The molecule has 0 bridgehead atoms. The van der Waals surface area contributed by atoms with Crippen LogP contribution >= 0.6 is 0 Å². The molecule has 1 aliphatic carbocycles. The highest BCUT2D eigenvalue weighted by molar-refractivity contribution is 7.91. The van der Waals surface area contributed by atoms with Crippen molar-refractivity contribution < 1.29 is 16.8 Å². The number of benzene rings is 1. The maximum Gasteiger partial charge on any atom is 0.243 e. The zero-order chi connectivity index (χ0) is 16.5. The molecular formula is C15H23NO4S2. The fourth-order valence-corrected chi connectivity index (χ4v) is 5.04. The van der Waals surface area contributed by atoms with E-state index in [4.69, 9.17) is 0 Å². The summed E-state index contributed by atoms with van der Waals surface area (Å²) in [5, 5.41) is 0. The van der Waals surface area contributed by atoms with Gasteiger partial charge in [-0.05, 0) is 49.8 Å². The van der Waals surface area contributed by atoms with E-state index >= 15 is 0 Å². The van der Waals surface area contributed by atoms with Crippen molar-refractivity contribution in [3.8, 4) is 0 Å². The Labute approximate surface area is 133 Å². The minimum Gasteiger partial charge on any atom is -0.224 e. The molecular weight excluding hydrogens is 322 g/mol. The van der Waals surface area contributed by atoms with Gasteiger partial charge in [-0.2, -0.15) is 4.31 Å². The van der Waals surface area contributed by atoms with Crippen molar-refractivity contribution in [2.75, 3.05) is 13.3 Å². The van der Waals surface area contributed by atoms with E-state index in [1.165, 1.54) is 28.6 Å². The van der Waals surface area contributed by atoms with Gasteiger partial charge in [-0.25, -0.2) is 16.8 Å². The molecule has 2 rings (SSSR count). The Morgan fingerprint density at radius 2 is 1.55 bits per heavy atom. The predicted molar refractivity (Wildman–Crippen MR) is 85.9 cm³/mol. The fraction of sp³-hybridized carbons (Fsp3) is 0.600. The number of rotatable bonds is 4. The van der Waals surface area contributed by atoms with Gasteiger partial charge in [-0.1, -0.05) is 13.0 Å². The first-order chi connectivity index (χ1) is 10.1. The summed E-state index contributed by atoms with van der Waals surface area (Å²) in [7, 11) is -5.51. The molecule has 1 saturated carbocycles. The largest absolute Gasteiger partial charge is 0.243 e. The van der Waals surface area contributed by atoms with E-state index in [1.807, 2.05) is 0 Å². The molecule has 1 aromatic rings. The molecule has 0 aromatic heterocycles. The van der Waals surface area contributed by atoms with Crippen molar-refractivity contribution in [1.82, 2.24) is 4.31 Å². The second-order valence-electron chi connectivity index (χ2n) is 6.18. The number of nitrogens with zero attached hydrogens (tertiary/aromatic N) is 1. The molecule has 7 heteroatoms. The monoisotopic (exact) mass is 345 g/mol. The molecule has 124 valence electrons. The SMILES string of the molecule is CC1CCC(N(C)S(=O)(=O)c2cccc(S(C)(=O)=O)c2)CC1. The Kier molecular flexibility index (Phi) is 4.99. The summed E-state index contributed by atoms with van der Waals surface area (Å²) in [4.78, 5) is 0.0655. The van der Waals surface area contributed by atoms with E-state index in [-0.39, 0.29) is 15.8 Å². The standard InChI is InChI=1S/C15H23NO4S2/c1-12-7-9-13(10-8-12)16(2)22(19,20)15-6-4-5-14(11-15)21(3,17)18/h4-6,11-13H,7-10H2,1-3H3. The average Bonchev–Trinajstić information content (AvgIpc) is 2.46. The van der Waals surface area contributed by atoms with Crippen molar-refractivity contribution >= 4 is 19.9 Å². The molecule has 0 saturated heterocycles. The Hall–Kier alpha value is -0.920. The molecule has 5 nitrogen and oxygen atoms in total. The summed E-state index contributed by atoms with van der Waals surface area (Å²) in [5.41, 5.74) is 0. The van der Waals surface area contributed by atoms with E-state index in [9.17, 15) is 16.8 Å². The number of hydrogen-bond donors (Lipinski definition) is 0. The van der Waals surface area contributed by atoms with Gasteiger partial charge >= 0.3 is 0 Å². The van der Waals surface area contributed by atoms with Crippen LogP contribution in [0.25, 0.3) is 0 Å². The summed E-state index contributed by atoms with van der Waals surface area (Å²) in [6, 6.07) is 5.57. The highest BCUT2D eigenvalue weighted by atomic mass is 32.2. The third-order valence-corrected chi connectivity index (χ3v) is 7.43. The lowest BCUT2D eigenvalue weighted by Gasteiger charge is -2.32. The molecule has 0 radical (unpaired) electrons. The minimum atomic E-state index is -3.67. The topological polar surface area (TPSA) is 71.5 Å². The molecule has 0 N–H and O–H groups in total. The fourth-order valence-electron chi connectivity index (χ4n) is 2.83. The minimum absolute atomic E-state index is 0.0110. The van der Waals surface area contributed by atoms with E-state index < -0.39 is 19.9 Å². The zero-order valence-corrected chi connectivity index (χ0v) is 14.8. The van der Waals surface area contributed by atoms with E-state index in [2.05, 4.69) is 6.92 Å². The first-order valence-electron chi connectivity index (χ1n) is 7.40. The Balaban J connectivity index is 2.30. The smallest absolute Gasteiger partial charge is 0.224 e. The lowest BCUT2D eigenvalue weighted by molar-refractivity contribution is 0.246. The van der Waals surface area contributed by atoms with Crippen LogP contribution in [0.5, 0.6) is 0 Å². The number of sulfonamides is 1. The van der Waals surface area contributed by atoms with Gasteiger partial charge in [-0.15, -0.1) is 0 Å². The molecule has 1 aliphatic rings. The van der Waals surface area contributed by atoms with Crippen LogP contribution in [0.4, 0.5) is 0 Å². The first-order valence-corrected chi connectivity index (χ1v) is 10.7. The van der Waals surface area contributed by atoms with Crippen molar-refractivity contribution in [3.63, 3.8) is 0 Å². The van der Waals surface area contributed by atoms with Crippen LogP contribution in [-0.2, 0) is 19.9 Å². The van der Waals surface area contributed by atoms with E-state index in [1.54, 1.807) is 7.05 Å². The van der Waals surface area contributed by atoms with Gasteiger partial charge in [0, 0.05) is 19.3 Å². The van der Waals surface area contributed by atoms with Crippen LogP contribution in [0.1, 0.15) is 32.6 Å². The molecule has 0 heterocycles. The maximum atomic E-state index is 12.7. The number of sulfone groups is 1. The van der Waals surface area contributed by atoms with Crippen molar-refractivity contribution in [1.29, 1.82) is 0 Å². The second-order valence-corrected chi connectivity index (χ2v) is 10.2. The van der Waals surface area contributed by atoms with Crippen LogP contribution < -0.4 is 0 Å². The van der Waals surface area contributed by atoms with Gasteiger partial charge in [0.1, 0.15) is 0 Å². The molecule has 0 aliphatic heterocycles. The van der Waals surface area contributed by atoms with Crippen molar-refractivity contribution in [3.05, 3.63) is 24.3 Å². The molecule has 0 atom stereocenters. The quantitative estimate of drug-likeness (QED) is 0.839. The third-order valence-electron chi connectivity index (χ3n) is 4.41. The van der Waals surface area contributed by atoms with Gasteiger partial charge in [-0.3, -0.25) is 0 Å². The zero-order valence-electron chi connectivity index (χ0n) is 13.2. The van der Waals surface area contributed by atoms with Crippen LogP contribution in [0, 0.1) is 5.92 Å². The lowest BCUT2D eigenvalue weighted by Crippen LogP contribution is -2.39. The third kappa shape index (κ3) is 3.70. The summed E-state index contributed by atoms with van der Waals surface area (Å²) in [6.07, 6.45) is 4.82.